The maximum atomic E-state index is 11.5. The van der Waals surface area contributed by atoms with E-state index in [9.17, 15) is 14.4 Å². The minimum absolute atomic E-state index is 0.216. The van der Waals surface area contributed by atoms with E-state index in [1.54, 1.807) is 6.08 Å². The smallest absolute Gasteiger partial charge is 0.404 e. The molecule has 0 amide bonds. The highest BCUT2D eigenvalue weighted by Gasteiger charge is 2.32. The fourth-order valence-electron chi connectivity index (χ4n) is 3.84. The number of hydrogen-bond acceptors (Lipinski definition) is 2. The summed E-state index contributed by atoms with van der Waals surface area (Å²) in [4.78, 5) is 18.7. The lowest BCUT2D eigenvalue weighted by molar-refractivity contribution is 0.247. The molecule has 0 saturated carbocycles. The number of phosphoric acid groups is 1. The summed E-state index contributed by atoms with van der Waals surface area (Å²) in [5, 5.41) is 0. The molecule has 0 radical (unpaired) electrons. The van der Waals surface area contributed by atoms with Gasteiger partial charge in [0.1, 0.15) is 5.76 Å². The molecule has 4 nitrogen and oxygen atoms in total. The monoisotopic (exact) mass is 418 g/mol. The molecule has 152 valence electrons. The summed E-state index contributed by atoms with van der Waals surface area (Å²) < 4.78 is 16.5. The fraction of sp³-hybridized carbons (Fsp3) is 0.120. The second-order valence-corrected chi connectivity index (χ2v) is 8.83. The van der Waals surface area contributed by atoms with Crippen molar-refractivity contribution in [1.82, 2.24) is 0 Å². The lowest BCUT2D eigenvalue weighted by atomic mass is 9.73. The molecule has 5 heteroatoms. The van der Waals surface area contributed by atoms with Gasteiger partial charge in [-0.3, -0.25) is 9.79 Å². The summed E-state index contributed by atoms with van der Waals surface area (Å²) in [6, 6.07) is 28.2. The molecule has 0 saturated heterocycles. The third-order valence-corrected chi connectivity index (χ3v) is 5.87. The molecule has 0 fully saturated rings. The maximum absolute atomic E-state index is 11.5. The van der Waals surface area contributed by atoms with Crippen molar-refractivity contribution in [1.29, 1.82) is 0 Å². The van der Waals surface area contributed by atoms with E-state index < -0.39 is 7.82 Å². The van der Waals surface area contributed by atoms with Gasteiger partial charge in [0.05, 0.1) is 0 Å². The van der Waals surface area contributed by atoms with Crippen LogP contribution in [0.2, 0.25) is 0 Å². The average molecular weight is 418 g/mol. The van der Waals surface area contributed by atoms with Crippen LogP contribution in [0.15, 0.2) is 103 Å². The minimum atomic E-state index is -4.66. The Labute approximate surface area is 176 Å². The highest BCUT2D eigenvalue weighted by molar-refractivity contribution is 7.46. The summed E-state index contributed by atoms with van der Waals surface area (Å²) in [6.45, 7) is 2.12. The Morgan fingerprint density at radius 3 is 1.90 bits per heavy atom. The minimum Gasteiger partial charge on any atom is -0.404 e. The first-order valence-electron chi connectivity index (χ1n) is 9.73. The highest BCUT2D eigenvalue weighted by atomic mass is 31.2. The molecule has 1 unspecified atom stereocenters. The molecule has 0 aromatic heterocycles. The SMILES string of the molecule is CC1(c2ccc(-c3ccccc3)cc2)C=CC(OP(=O)(O)O)=C(c2ccccc2)C1. The Morgan fingerprint density at radius 2 is 1.33 bits per heavy atom. The van der Waals surface area contributed by atoms with Crippen molar-refractivity contribution in [3.63, 3.8) is 0 Å². The van der Waals surface area contributed by atoms with Crippen LogP contribution in [0, 0.1) is 0 Å². The lowest BCUT2D eigenvalue weighted by Gasteiger charge is -2.32. The zero-order chi connectivity index (χ0) is 21.2. The Balaban J connectivity index is 1.69. The van der Waals surface area contributed by atoms with Gasteiger partial charge in [-0.15, -0.1) is 0 Å². The number of allylic oxidation sites excluding steroid dienone is 3. The lowest BCUT2D eigenvalue weighted by Crippen LogP contribution is -2.23. The molecule has 3 aromatic rings. The van der Waals surface area contributed by atoms with Gasteiger partial charge >= 0.3 is 7.82 Å². The molecule has 0 heterocycles. The largest absolute Gasteiger partial charge is 0.524 e. The molecule has 1 aliphatic rings. The van der Waals surface area contributed by atoms with E-state index in [4.69, 9.17) is 4.52 Å². The van der Waals surface area contributed by atoms with Gasteiger partial charge in [-0.1, -0.05) is 97.9 Å². The standard InChI is InChI=1S/C25H23O4P/c1-25(22-14-12-20(13-15-22)19-8-4-2-5-9-19)17-16-24(29-30(26,27)28)23(18-25)21-10-6-3-7-11-21/h2-17H,18H2,1H3,(H2,26,27,28). The first kappa shape index (κ1) is 20.4. The molecule has 0 aliphatic heterocycles. The van der Waals surface area contributed by atoms with E-state index in [1.807, 2.05) is 54.6 Å². The molecule has 0 bridgehead atoms. The van der Waals surface area contributed by atoms with Crippen LogP contribution < -0.4 is 0 Å². The van der Waals surface area contributed by atoms with Gasteiger partial charge in [-0.2, -0.15) is 0 Å². The number of phosphoric ester groups is 1. The van der Waals surface area contributed by atoms with E-state index in [0.29, 0.717) is 6.42 Å². The molecule has 1 aliphatic carbocycles. The predicted molar refractivity (Wildman–Crippen MR) is 119 cm³/mol. The molecule has 0 spiro atoms. The van der Waals surface area contributed by atoms with Gasteiger partial charge in [0.25, 0.3) is 0 Å². The summed E-state index contributed by atoms with van der Waals surface area (Å²) in [6.07, 6.45) is 4.20. The van der Waals surface area contributed by atoms with Crippen LogP contribution in [0.3, 0.4) is 0 Å². The van der Waals surface area contributed by atoms with Crippen LogP contribution in [0.1, 0.15) is 24.5 Å². The Morgan fingerprint density at radius 1 is 0.800 bits per heavy atom. The molecule has 2 N–H and O–H groups in total. The molecule has 4 rings (SSSR count). The van der Waals surface area contributed by atoms with Crippen molar-refractivity contribution in [3.8, 4) is 11.1 Å². The van der Waals surface area contributed by atoms with Crippen LogP contribution >= 0.6 is 7.82 Å². The molecular weight excluding hydrogens is 395 g/mol. The van der Waals surface area contributed by atoms with Crippen molar-refractivity contribution < 1.29 is 18.9 Å². The molecular formula is C25H23O4P. The second kappa shape index (κ2) is 8.08. The maximum Gasteiger partial charge on any atom is 0.524 e. The van der Waals surface area contributed by atoms with Gasteiger partial charge in [-0.25, -0.2) is 4.57 Å². The van der Waals surface area contributed by atoms with E-state index in [0.717, 1.165) is 27.8 Å². The van der Waals surface area contributed by atoms with Crippen molar-refractivity contribution in [2.75, 3.05) is 0 Å². The number of benzene rings is 3. The third kappa shape index (κ3) is 4.47. The van der Waals surface area contributed by atoms with Gasteiger partial charge in [-0.05, 0) is 34.8 Å². The molecule has 1 atom stereocenters. The van der Waals surface area contributed by atoms with Crippen molar-refractivity contribution >= 4 is 13.4 Å². The topological polar surface area (TPSA) is 66.8 Å². The zero-order valence-corrected chi connectivity index (χ0v) is 17.5. The van der Waals surface area contributed by atoms with Crippen LogP contribution in [0.5, 0.6) is 0 Å². The van der Waals surface area contributed by atoms with Crippen molar-refractivity contribution in [2.45, 2.75) is 18.8 Å². The summed E-state index contributed by atoms with van der Waals surface area (Å²) >= 11 is 0. The van der Waals surface area contributed by atoms with Gasteiger partial charge in [0.2, 0.25) is 0 Å². The number of hydrogen-bond donors (Lipinski definition) is 2. The predicted octanol–water partition coefficient (Wildman–Crippen LogP) is 6.09. The Bertz CT molecular complexity index is 1130. The van der Waals surface area contributed by atoms with Crippen molar-refractivity contribution in [2.24, 2.45) is 0 Å². The van der Waals surface area contributed by atoms with E-state index >= 15 is 0 Å². The van der Waals surface area contributed by atoms with E-state index in [-0.39, 0.29) is 11.2 Å². The Kier molecular flexibility index (Phi) is 5.48. The van der Waals surface area contributed by atoms with Gasteiger partial charge < -0.3 is 4.52 Å². The van der Waals surface area contributed by atoms with Crippen LogP contribution in [0.25, 0.3) is 16.7 Å². The second-order valence-electron chi connectivity index (χ2n) is 7.66. The van der Waals surface area contributed by atoms with E-state index in [1.165, 1.54) is 0 Å². The third-order valence-electron chi connectivity index (χ3n) is 5.43. The summed E-state index contributed by atoms with van der Waals surface area (Å²) in [5.74, 6) is 0.216. The summed E-state index contributed by atoms with van der Waals surface area (Å²) in [5.41, 5.74) is 4.76. The first-order chi connectivity index (χ1) is 14.3. The normalized spacial score (nSPS) is 19.0. The van der Waals surface area contributed by atoms with Crippen LogP contribution in [-0.4, -0.2) is 9.79 Å². The molecule has 30 heavy (non-hydrogen) atoms. The van der Waals surface area contributed by atoms with Crippen LogP contribution in [0.4, 0.5) is 0 Å². The van der Waals surface area contributed by atoms with E-state index in [2.05, 4.69) is 43.3 Å². The number of rotatable bonds is 5. The van der Waals surface area contributed by atoms with Gasteiger partial charge in [0, 0.05) is 11.0 Å². The molecule has 3 aromatic carbocycles. The first-order valence-corrected chi connectivity index (χ1v) is 11.3. The van der Waals surface area contributed by atoms with Crippen LogP contribution in [-0.2, 0) is 14.5 Å². The van der Waals surface area contributed by atoms with Crippen molar-refractivity contribution in [3.05, 3.63) is 114 Å². The highest BCUT2D eigenvalue weighted by Crippen LogP contribution is 2.47. The van der Waals surface area contributed by atoms with Gasteiger partial charge in [0.15, 0.2) is 0 Å². The zero-order valence-electron chi connectivity index (χ0n) is 16.6. The Hall–Kier alpha value is -2.91. The summed E-state index contributed by atoms with van der Waals surface area (Å²) in [7, 11) is -4.66. The average Bonchev–Trinajstić information content (AvgIpc) is 2.76. The quantitative estimate of drug-likeness (QED) is 0.492. The fourth-order valence-corrected chi connectivity index (χ4v) is 4.27.